The van der Waals surface area contributed by atoms with E-state index in [4.69, 9.17) is 9.47 Å². The molecule has 34 heavy (non-hydrogen) atoms. The molecule has 2 aromatic carbocycles. The van der Waals surface area contributed by atoms with Crippen LogP contribution in [0.15, 0.2) is 53.7 Å². The first-order valence-corrected chi connectivity index (χ1v) is 11.4. The molecule has 8 heteroatoms. The van der Waals surface area contributed by atoms with E-state index in [2.05, 4.69) is 5.32 Å². The molecular formula is C26H28N4O4. The summed E-state index contributed by atoms with van der Waals surface area (Å²) in [5, 5.41) is 12.6. The van der Waals surface area contributed by atoms with Gasteiger partial charge in [0, 0.05) is 49.5 Å². The van der Waals surface area contributed by atoms with Crippen LogP contribution in [-0.2, 0) is 16.0 Å². The van der Waals surface area contributed by atoms with Crippen molar-refractivity contribution < 1.29 is 19.1 Å². The van der Waals surface area contributed by atoms with Crippen molar-refractivity contribution >= 4 is 28.9 Å². The molecule has 2 saturated heterocycles. The van der Waals surface area contributed by atoms with Gasteiger partial charge in [-0.25, -0.2) is 0 Å². The largest absolute Gasteiger partial charge is 0.497 e. The topological polar surface area (TPSA) is 95.0 Å². The number of amidine groups is 1. The Bertz CT molecular complexity index is 1190. The maximum absolute atomic E-state index is 14.2. The van der Waals surface area contributed by atoms with Crippen LogP contribution in [0.1, 0.15) is 25.3 Å². The number of para-hydroxylation sites is 1. The monoisotopic (exact) mass is 460 g/mol. The van der Waals surface area contributed by atoms with Gasteiger partial charge in [-0.2, -0.15) is 0 Å². The molecule has 5 rings (SSSR count). The first kappa shape index (κ1) is 22.0. The van der Waals surface area contributed by atoms with Gasteiger partial charge >= 0.3 is 0 Å². The van der Waals surface area contributed by atoms with Gasteiger partial charge in [0.25, 0.3) is 0 Å². The summed E-state index contributed by atoms with van der Waals surface area (Å²) in [5.74, 6) is 1.06. The molecule has 176 valence electrons. The number of amides is 1. The van der Waals surface area contributed by atoms with Gasteiger partial charge in [-0.05, 0) is 24.5 Å². The zero-order chi connectivity index (χ0) is 24.0. The van der Waals surface area contributed by atoms with Crippen molar-refractivity contribution in [2.24, 2.45) is 0 Å². The second-order valence-electron chi connectivity index (χ2n) is 8.97. The predicted octanol–water partition coefficient (Wildman–Crippen LogP) is 3.37. The van der Waals surface area contributed by atoms with Gasteiger partial charge in [0.15, 0.2) is 5.78 Å². The van der Waals surface area contributed by atoms with Crippen LogP contribution in [0.4, 0.5) is 11.4 Å². The lowest BCUT2D eigenvalue weighted by atomic mass is 9.83. The van der Waals surface area contributed by atoms with E-state index in [1.165, 1.54) is 6.92 Å². The minimum Gasteiger partial charge on any atom is -0.497 e. The van der Waals surface area contributed by atoms with Crippen molar-refractivity contribution in [3.63, 3.8) is 0 Å². The molecule has 0 radical (unpaired) electrons. The first-order valence-electron chi connectivity index (χ1n) is 11.4. The smallest absolute Gasteiger partial charge is 0.219 e. The number of fused-ring (bicyclic) bond motifs is 1. The Labute approximate surface area is 198 Å². The fraction of sp³-hybridized carbons (Fsp3) is 0.346. The summed E-state index contributed by atoms with van der Waals surface area (Å²) in [6, 6.07) is 13.3. The molecule has 0 aliphatic carbocycles. The van der Waals surface area contributed by atoms with Gasteiger partial charge in [0.2, 0.25) is 5.91 Å². The molecule has 0 saturated carbocycles. The van der Waals surface area contributed by atoms with E-state index < -0.39 is 5.54 Å². The van der Waals surface area contributed by atoms with Crippen LogP contribution in [0.3, 0.4) is 0 Å². The number of benzene rings is 2. The van der Waals surface area contributed by atoms with Gasteiger partial charge in [-0.1, -0.05) is 18.2 Å². The third-order valence-electron chi connectivity index (χ3n) is 7.02. The van der Waals surface area contributed by atoms with Gasteiger partial charge < -0.3 is 24.6 Å². The molecule has 0 bridgehead atoms. The Morgan fingerprint density at radius 2 is 1.82 bits per heavy atom. The first-order chi connectivity index (χ1) is 16.4. The number of nitrogens with one attached hydrogen (secondary N) is 2. The maximum atomic E-state index is 14.2. The number of ether oxygens (including phenoxy) is 2. The SMILES string of the molecule is COc1cc(OC)cc(N2C(=N)C(=C3Cc4ccccc4N3)C(=O)C23CCCN(C(C)=O)C3)c1. The van der Waals surface area contributed by atoms with E-state index in [1.807, 2.05) is 36.4 Å². The number of piperidine rings is 1. The molecule has 3 aliphatic heterocycles. The average Bonchev–Trinajstić information content (AvgIpc) is 3.35. The number of hydrogen-bond donors (Lipinski definition) is 2. The summed E-state index contributed by atoms with van der Waals surface area (Å²) in [7, 11) is 3.14. The Morgan fingerprint density at radius 1 is 1.12 bits per heavy atom. The summed E-state index contributed by atoms with van der Waals surface area (Å²) < 4.78 is 10.9. The number of nitrogens with zero attached hydrogens (tertiary/aromatic N) is 2. The van der Waals surface area contributed by atoms with Gasteiger partial charge in [0.1, 0.15) is 22.9 Å². The molecule has 1 amide bonds. The number of likely N-dealkylation sites (tertiary alicyclic amines) is 1. The van der Waals surface area contributed by atoms with E-state index in [0.29, 0.717) is 48.6 Å². The normalized spacial score (nSPS) is 23.9. The minimum absolute atomic E-state index is 0.0749. The standard InChI is InChI=1S/C26H28N4O4/c1-16(31)29-10-6-9-26(15-29)24(32)23(22-11-17-7-4-5-8-21(17)28-22)25(27)30(26)18-12-19(33-2)14-20(13-18)34-3/h4-5,7-8,12-14,27-28H,6,9-11,15H2,1-3H3. The summed E-state index contributed by atoms with van der Waals surface area (Å²) in [6.07, 6.45) is 1.77. The molecule has 1 unspecified atom stereocenters. The Kier molecular flexibility index (Phi) is 5.31. The number of carbonyl (C=O) groups excluding carboxylic acids is 2. The van der Waals surface area contributed by atoms with Gasteiger partial charge in [-0.3, -0.25) is 15.0 Å². The summed E-state index contributed by atoms with van der Waals surface area (Å²) in [4.78, 5) is 30.0. The van der Waals surface area contributed by atoms with Crippen molar-refractivity contribution in [3.8, 4) is 11.5 Å². The molecule has 3 aliphatic rings. The summed E-state index contributed by atoms with van der Waals surface area (Å²) in [6.45, 7) is 2.35. The zero-order valence-electron chi connectivity index (χ0n) is 19.6. The molecule has 8 nitrogen and oxygen atoms in total. The van der Waals surface area contributed by atoms with Crippen molar-refractivity contribution in [2.75, 3.05) is 37.5 Å². The third kappa shape index (κ3) is 3.32. The zero-order valence-corrected chi connectivity index (χ0v) is 19.6. The number of carbonyl (C=O) groups is 2. The van der Waals surface area contributed by atoms with Crippen LogP contribution < -0.4 is 19.7 Å². The highest BCUT2D eigenvalue weighted by atomic mass is 16.5. The lowest BCUT2D eigenvalue weighted by Gasteiger charge is -2.44. The Balaban J connectivity index is 1.67. The summed E-state index contributed by atoms with van der Waals surface area (Å²) >= 11 is 0. The molecule has 2 N–H and O–H groups in total. The van der Waals surface area contributed by atoms with Crippen molar-refractivity contribution in [1.82, 2.24) is 4.90 Å². The number of Topliss-reactive ketones (excluding diaryl/α,β-unsaturated/α-hetero) is 1. The predicted molar refractivity (Wildman–Crippen MR) is 130 cm³/mol. The average molecular weight is 461 g/mol. The van der Waals surface area contributed by atoms with E-state index >= 15 is 0 Å². The highest BCUT2D eigenvalue weighted by Crippen LogP contribution is 2.45. The van der Waals surface area contributed by atoms with Crippen LogP contribution in [0.5, 0.6) is 11.5 Å². The number of anilines is 2. The summed E-state index contributed by atoms with van der Waals surface area (Å²) in [5.41, 5.74) is 2.73. The van der Waals surface area contributed by atoms with Crippen molar-refractivity contribution in [1.29, 1.82) is 5.41 Å². The molecular weight excluding hydrogens is 432 g/mol. The molecule has 1 spiro atoms. The van der Waals surface area contributed by atoms with E-state index in [1.54, 1.807) is 30.1 Å². The fourth-order valence-corrected chi connectivity index (χ4v) is 5.36. The number of methoxy groups -OCH3 is 2. The highest BCUT2D eigenvalue weighted by molar-refractivity contribution is 6.37. The van der Waals surface area contributed by atoms with Crippen molar-refractivity contribution in [2.45, 2.75) is 31.7 Å². The van der Waals surface area contributed by atoms with Crippen LogP contribution in [0, 0.1) is 5.41 Å². The van der Waals surface area contributed by atoms with Crippen LogP contribution in [0.25, 0.3) is 0 Å². The number of rotatable bonds is 3. The number of allylic oxidation sites excluding steroid dienone is 1. The van der Waals surface area contributed by atoms with E-state index in [0.717, 1.165) is 16.9 Å². The second kappa shape index (κ2) is 8.20. The molecule has 2 aromatic rings. The highest BCUT2D eigenvalue weighted by Gasteiger charge is 2.57. The molecule has 1 atom stereocenters. The number of ketones is 1. The van der Waals surface area contributed by atoms with Crippen LogP contribution in [0.2, 0.25) is 0 Å². The quantitative estimate of drug-likeness (QED) is 0.682. The van der Waals surface area contributed by atoms with Crippen molar-refractivity contribution in [3.05, 3.63) is 59.3 Å². The van der Waals surface area contributed by atoms with Gasteiger partial charge in [0.05, 0.1) is 32.0 Å². The fourth-order valence-electron chi connectivity index (χ4n) is 5.36. The Morgan fingerprint density at radius 3 is 2.47 bits per heavy atom. The third-order valence-corrected chi connectivity index (χ3v) is 7.02. The van der Waals surface area contributed by atoms with Crippen LogP contribution >= 0.6 is 0 Å². The van der Waals surface area contributed by atoms with E-state index in [9.17, 15) is 15.0 Å². The Hall–Kier alpha value is -3.81. The minimum atomic E-state index is -1.06. The van der Waals surface area contributed by atoms with E-state index in [-0.39, 0.29) is 24.1 Å². The second-order valence-corrected chi connectivity index (χ2v) is 8.97. The van der Waals surface area contributed by atoms with Crippen LogP contribution in [-0.4, -0.2) is 55.3 Å². The number of hydrogen-bond acceptors (Lipinski definition) is 6. The maximum Gasteiger partial charge on any atom is 0.219 e. The lowest BCUT2D eigenvalue weighted by molar-refractivity contribution is -0.132. The molecule has 2 fully saturated rings. The lowest BCUT2D eigenvalue weighted by Crippen LogP contribution is -2.60. The van der Waals surface area contributed by atoms with Gasteiger partial charge in [-0.15, -0.1) is 0 Å². The molecule has 0 aromatic heterocycles. The molecule has 3 heterocycles.